The molecule has 0 bridgehead atoms. The average Bonchev–Trinajstić information content (AvgIpc) is 2.40. The van der Waals surface area contributed by atoms with Crippen molar-refractivity contribution >= 4 is 11.4 Å². The van der Waals surface area contributed by atoms with E-state index in [0.29, 0.717) is 17.8 Å². The van der Waals surface area contributed by atoms with Crippen molar-refractivity contribution in [1.29, 1.82) is 5.26 Å². The molecule has 3 N–H and O–H groups in total. The van der Waals surface area contributed by atoms with E-state index in [9.17, 15) is 0 Å². The van der Waals surface area contributed by atoms with Crippen LogP contribution < -0.4 is 11.1 Å². The van der Waals surface area contributed by atoms with Crippen molar-refractivity contribution in [3.05, 3.63) is 53.3 Å². The summed E-state index contributed by atoms with van der Waals surface area (Å²) in [7, 11) is 0. The van der Waals surface area contributed by atoms with Gasteiger partial charge in [-0.3, -0.25) is 4.98 Å². The molecule has 90 valence electrons. The van der Waals surface area contributed by atoms with Gasteiger partial charge < -0.3 is 11.1 Å². The highest BCUT2D eigenvalue weighted by molar-refractivity contribution is 5.68. The van der Waals surface area contributed by atoms with Gasteiger partial charge in [0.1, 0.15) is 0 Å². The number of rotatable bonds is 3. The SMILES string of the molecule is Cc1ccc(CNc2cc(C#N)ccc2N)cn1. The number of benzene rings is 1. The first-order valence-corrected chi connectivity index (χ1v) is 5.64. The van der Waals surface area contributed by atoms with Crippen LogP contribution in [0.5, 0.6) is 0 Å². The van der Waals surface area contributed by atoms with Gasteiger partial charge in [0, 0.05) is 18.4 Å². The lowest BCUT2D eigenvalue weighted by molar-refractivity contribution is 1.09. The number of nitrogens with zero attached hydrogens (tertiary/aromatic N) is 2. The Kier molecular flexibility index (Phi) is 3.44. The van der Waals surface area contributed by atoms with Crippen molar-refractivity contribution in [1.82, 2.24) is 4.98 Å². The molecule has 2 aromatic rings. The molecule has 0 atom stereocenters. The van der Waals surface area contributed by atoms with Crippen LogP contribution in [0.15, 0.2) is 36.5 Å². The Morgan fingerprint density at radius 2 is 2.17 bits per heavy atom. The fourth-order valence-corrected chi connectivity index (χ4v) is 1.58. The molecule has 0 saturated heterocycles. The largest absolute Gasteiger partial charge is 0.397 e. The maximum absolute atomic E-state index is 8.84. The lowest BCUT2D eigenvalue weighted by atomic mass is 10.2. The van der Waals surface area contributed by atoms with Crippen molar-refractivity contribution in [2.75, 3.05) is 11.1 Å². The monoisotopic (exact) mass is 238 g/mol. The molecule has 0 aliphatic rings. The Labute approximate surface area is 106 Å². The third kappa shape index (κ3) is 2.77. The summed E-state index contributed by atoms with van der Waals surface area (Å²) in [4.78, 5) is 4.22. The van der Waals surface area contributed by atoms with Crippen molar-refractivity contribution < 1.29 is 0 Å². The third-order valence-corrected chi connectivity index (χ3v) is 2.64. The normalized spacial score (nSPS) is 9.78. The van der Waals surface area contributed by atoms with Crippen molar-refractivity contribution in [2.45, 2.75) is 13.5 Å². The number of pyridine rings is 1. The van der Waals surface area contributed by atoms with Gasteiger partial charge in [0.15, 0.2) is 0 Å². The summed E-state index contributed by atoms with van der Waals surface area (Å²) in [5, 5.41) is 12.0. The fraction of sp³-hybridized carbons (Fsp3) is 0.143. The molecule has 2 rings (SSSR count). The van der Waals surface area contributed by atoms with E-state index in [2.05, 4.69) is 16.4 Å². The van der Waals surface area contributed by atoms with Crippen molar-refractivity contribution in [3.63, 3.8) is 0 Å². The first-order chi connectivity index (χ1) is 8.69. The van der Waals surface area contributed by atoms with Crippen molar-refractivity contribution in [2.24, 2.45) is 0 Å². The van der Waals surface area contributed by atoms with E-state index in [4.69, 9.17) is 11.0 Å². The molecular weight excluding hydrogens is 224 g/mol. The van der Waals surface area contributed by atoms with Gasteiger partial charge in [0.2, 0.25) is 0 Å². The van der Waals surface area contributed by atoms with E-state index in [-0.39, 0.29) is 0 Å². The van der Waals surface area contributed by atoms with Crippen LogP contribution in [0.1, 0.15) is 16.8 Å². The molecule has 1 heterocycles. The minimum absolute atomic E-state index is 0.591. The highest BCUT2D eigenvalue weighted by atomic mass is 14.9. The molecule has 0 saturated carbocycles. The molecule has 0 amide bonds. The van der Waals surface area contributed by atoms with Gasteiger partial charge in [-0.05, 0) is 36.8 Å². The summed E-state index contributed by atoms with van der Waals surface area (Å²) in [6.07, 6.45) is 1.83. The first kappa shape index (κ1) is 11.9. The number of nitriles is 1. The Hall–Kier alpha value is -2.54. The van der Waals surface area contributed by atoms with Crippen LogP contribution in [-0.4, -0.2) is 4.98 Å². The van der Waals surface area contributed by atoms with E-state index >= 15 is 0 Å². The summed E-state index contributed by atoms with van der Waals surface area (Å²) in [6.45, 7) is 2.58. The van der Waals surface area contributed by atoms with Crippen molar-refractivity contribution in [3.8, 4) is 6.07 Å². The molecule has 4 nitrogen and oxygen atoms in total. The second kappa shape index (κ2) is 5.19. The molecule has 4 heteroatoms. The second-order valence-corrected chi connectivity index (χ2v) is 4.08. The number of hydrogen-bond donors (Lipinski definition) is 2. The lowest BCUT2D eigenvalue weighted by Crippen LogP contribution is -2.03. The summed E-state index contributed by atoms with van der Waals surface area (Å²) < 4.78 is 0. The number of aryl methyl sites for hydroxylation is 1. The molecule has 0 aliphatic heterocycles. The van der Waals surface area contributed by atoms with Gasteiger partial charge in [0.25, 0.3) is 0 Å². The zero-order chi connectivity index (χ0) is 13.0. The smallest absolute Gasteiger partial charge is 0.0992 e. The minimum Gasteiger partial charge on any atom is -0.397 e. The highest BCUT2D eigenvalue weighted by Crippen LogP contribution is 2.20. The number of nitrogens with two attached hydrogens (primary N) is 1. The van der Waals surface area contributed by atoms with E-state index < -0.39 is 0 Å². The van der Waals surface area contributed by atoms with Gasteiger partial charge in [-0.15, -0.1) is 0 Å². The molecular formula is C14H14N4. The molecule has 1 aromatic heterocycles. The topological polar surface area (TPSA) is 74.7 Å². The number of hydrogen-bond acceptors (Lipinski definition) is 4. The maximum atomic E-state index is 8.84. The summed E-state index contributed by atoms with van der Waals surface area (Å²) in [5.74, 6) is 0. The van der Waals surface area contributed by atoms with Gasteiger partial charge in [0.05, 0.1) is 23.0 Å². The van der Waals surface area contributed by atoms with E-state index in [1.165, 1.54) is 0 Å². The Bertz CT molecular complexity index is 582. The number of nitrogen functional groups attached to an aromatic ring is 1. The molecule has 0 radical (unpaired) electrons. The zero-order valence-electron chi connectivity index (χ0n) is 10.1. The summed E-state index contributed by atoms with van der Waals surface area (Å²) in [5.41, 5.74) is 9.90. The van der Waals surface area contributed by atoms with E-state index in [1.54, 1.807) is 18.2 Å². The van der Waals surface area contributed by atoms with Gasteiger partial charge in [-0.25, -0.2) is 0 Å². The summed E-state index contributed by atoms with van der Waals surface area (Å²) >= 11 is 0. The molecule has 0 aliphatic carbocycles. The number of anilines is 2. The second-order valence-electron chi connectivity index (χ2n) is 4.08. The minimum atomic E-state index is 0.591. The van der Waals surface area contributed by atoms with Gasteiger partial charge in [-0.2, -0.15) is 5.26 Å². The fourth-order valence-electron chi connectivity index (χ4n) is 1.58. The number of aromatic nitrogens is 1. The van der Waals surface area contributed by atoms with E-state index in [0.717, 1.165) is 16.9 Å². The molecule has 0 spiro atoms. The average molecular weight is 238 g/mol. The van der Waals surface area contributed by atoms with Crippen LogP contribution in [0.25, 0.3) is 0 Å². The molecule has 1 aromatic carbocycles. The predicted molar refractivity (Wildman–Crippen MR) is 71.9 cm³/mol. The third-order valence-electron chi connectivity index (χ3n) is 2.64. The lowest BCUT2D eigenvalue weighted by Gasteiger charge is -2.09. The first-order valence-electron chi connectivity index (χ1n) is 5.64. The van der Waals surface area contributed by atoms with Crippen LogP contribution >= 0.6 is 0 Å². The van der Waals surface area contributed by atoms with Crippen LogP contribution in [0.3, 0.4) is 0 Å². The summed E-state index contributed by atoms with van der Waals surface area (Å²) in [6, 6.07) is 11.2. The molecule has 18 heavy (non-hydrogen) atoms. The van der Waals surface area contributed by atoms with E-state index in [1.807, 2.05) is 25.3 Å². The standard InChI is InChI=1S/C14H14N4/c1-10-2-3-12(8-17-10)9-18-14-6-11(7-15)4-5-13(14)16/h2-6,8,18H,9,16H2,1H3. The zero-order valence-corrected chi connectivity index (χ0v) is 10.1. The molecule has 0 fully saturated rings. The van der Waals surface area contributed by atoms with Gasteiger partial charge in [-0.1, -0.05) is 6.07 Å². The maximum Gasteiger partial charge on any atom is 0.0992 e. The van der Waals surface area contributed by atoms with Crippen LogP contribution in [0, 0.1) is 18.3 Å². The van der Waals surface area contributed by atoms with Crippen LogP contribution in [-0.2, 0) is 6.54 Å². The predicted octanol–water partition coefficient (Wildman–Crippen LogP) is 2.46. The Balaban J connectivity index is 2.10. The molecule has 0 unspecified atom stereocenters. The number of nitrogens with one attached hydrogen (secondary N) is 1. The van der Waals surface area contributed by atoms with Crippen LogP contribution in [0.4, 0.5) is 11.4 Å². The van der Waals surface area contributed by atoms with Gasteiger partial charge >= 0.3 is 0 Å². The Morgan fingerprint density at radius 1 is 1.33 bits per heavy atom. The highest BCUT2D eigenvalue weighted by Gasteiger charge is 2.01. The Morgan fingerprint density at radius 3 is 2.83 bits per heavy atom. The quantitative estimate of drug-likeness (QED) is 0.805. The van der Waals surface area contributed by atoms with Crippen LogP contribution in [0.2, 0.25) is 0 Å².